The van der Waals surface area contributed by atoms with Crippen LogP contribution >= 0.6 is 31.9 Å². The van der Waals surface area contributed by atoms with Gasteiger partial charge in [0.1, 0.15) is 23.0 Å². The summed E-state index contributed by atoms with van der Waals surface area (Å²) in [6, 6.07) is 11.3. The fourth-order valence-corrected chi connectivity index (χ4v) is 2.57. The summed E-state index contributed by atoms with van der Waals surface area (Å²) in [5, 5.41) is 0.711. The Hall–Kier alpha value is -1.20. The van der Waals surface area contributed by atoms with Gasteiger partial charge in [-0.2, -0.15) is 0 Å². The minimum atomic E-state index is 0.672. The van der Waals surface area contributed by atoms with Gasteiger partial charge in [-0.05, 0) is 18.2 Å². The third-order valence-corrected chi connectivity index (χ3v) is 3.82. The summed E-state index contributed by atoms with van der Waals surface area (Å²) in [7, 11) is 3.23. The van der Waals surface area contributed by atoms with Crippen molar-refractivity contribution >= 4 is 31.9 Å². The number of hydrogen-bond acceptors (Lipinski definition) is 3. The molecular formula is C15H14Br2O3. The van der Waals surface area contributed by atoms with E-state index in [1.54, 1.807) is 20.3 Å². The van der Waals surface area contributed by atoms with Gasteiger partial charge in [0.2, 0.25) is 0 Å². The molecule has 106 valence electrons. The molecule has 0 amide bonds. The molecule has 0 saturated carbocycles. The van der Waals surface area contributed by atoms with E-state index in [4.69, 9.17) is 14.2 Å². The first-order chi connectivity index (χ1) is 9.66. The van der Waals surface area contributed by atoms with Gasteiger partial charge in [0, 0.05) is 33.6 Å². The van der Waals surface area contributed by atoms with Crippen LogP contribution in [0.2, 0.25) is 0 Å². The minimum Gasteiger partial charge on any atom is -0.496 e. The smallest absolute Gasteiger partial charge is 0.134 e. The van der Waals surface area contributed by atoms with Crippen molar-refractivity contribution in [1.82, 2.24) is 0 Å². The SMILES string of the molecule is COc1cc(OC)cc(Oc2ccc(Br)cc2CBr)c1. The maximum absolute atomic E-state index is 5.93. The highest BCUT2D eigenvalue weighted by atomic mass is 79.9. The van der Waals surface area contributed by atoms with Crippen molar-refractivity contribution in [1.29, 1.82) is 0 Å². The van der Waals surface area contributed by atoms with Crippen LogP contribution in [-0.2, 0) is 5.33 Å². The van der Waals surface area contributed by atoms with Crippen molar-refractivity contribution in [2.45, 2.75) is 5.33 Å². The molecule has 0 heterocycles. The van der Waals surface area contributed by atoms with Gasteiger partial charge < -0.3 is 14.2 Å². The van der Waals surface area contributed by atoms with Crippen molar-refractivity contribution < 1.29 is 14.2 Å². The molecular weight excluding hydrogens is 388 g/mol. The predicted molar refractivity (Wildman–Crippen MR) is 86.4 cm³/mol. The summed E-state index contributed by atoms with van der Waals surface area (Å²) in [4.78, 5) is 0. The highest BCUT2D eigenvalue weighted by molar-refractivity contribution is 9.10. The average Bonchev–Trinajstić information content (AvgIpc) is 2.48. The van der Waals surface area contributed by atoms with E-state index in [9.17, 15) is 0 Å². The number of rotatable bonds is 5. The van der Waals surface area contributed by atoms with Crippen LogP contribution in [-0.4, -0.2) is 14.2 Å². The largest absolute Gasteiger partial charge is 0.496 e. The van der Waals surface area contributed by atoms with Gasteiger partial charge in [0.25, 0.3) is 0 Å². The predicted octanol–water partition coefficient (Wildman–Crippen LogP) is 5.15. The summed E-state index contributed by atoms with van der Waals surface area (Å²) in [6.07, 6.45) is 0. The number of halogens is 2. The fraction of sp³-hybridized carbons (Fsp3) is 0.200. The first-order valence-electron chi connectivity index (χ1n) is 5.91. The Morgan fingerprint density at radius 1 is 0.900 bits per heavy atom. The molecule has 5 heteroatoms. The highest BCUT2D eigenvalue weighted by Crippen LogP contribution is 2.33. The molecule has 0 fully saturated rings. The minimum absolute atomic E-state index is 0.672. The summed E-state index contributed by atoms with van der Waals surface area (Å²) >= 11 is 6.91. The maximum atomic E-state index is 5.93. The van der Waals surface area contributed by atoms with Gasteiger partial charge in [-0.1, -0.05) is 31.9 Å². The molecule has 0 N–H and O–H groups in total. The molecule has 0 spiro atoms. The van der Waals surface area contributed by atoms with Crippen LogP contribution in [0, 0.1) is 0 Å². The van der Waals surface area contributed by atoms with Crippen LogP contribution in [0.1, 0.15) is 5.56 Å². The van der Waals surface area contributed by atoms with Crippen molar-refractivity contribution in [2.75, 3.05) is 14.2 Å². The first kappa shape index (κ1) is 15.2. The van der Waals surface area contributed by atoms with Crippen LogP contribution < -0.4 is 14.2 Å². The Morgan fingerprint density at radius 2 is 1.50 bits per heavy atom. The molecule has 2 aromatic rings. The van der Waals surface area contributed by atoms with Crippen LogP contribution in [0.3, 0.4) is 0 Å². The summed E-state index contributed by atoms with van der Waals surface area (Å²) in [5.41, 5.74) is 1.06. The van der Waals surface area contributed by atoms with E-state index in [-0.39, 0.29) is 0 Å². The first-order valence-corrected chi connectivity index (χ1v) is 7.83. The zero-order valence-electron chi connectivity index (χ0n) is 11.2. The third kappa shape index (κ3) is 3.67. The molecule has 0 atom stereocenters. The Morgan fingerprint density at radius 3 is 2.05 bits per heavy atom. The number of hydrogen-bond donors (Lipinski definition) is 0. The lowest BCUT2D eigenvalue weighted by Crippen LogP contribution is -1.92. The normalized spacial score (nSPS) is 10.2. The Balaban J connectivity index is 2.34. The van der Waals surface area contributed by atoms with Gasteiger partial charge in [-0.25, -0.2) is 0 Å². The van der Waals surface area contributed by atoms with Gasteiger partial charge in [0.05, 0.1) is 14.2 Å². The Bertz CT molecular complexity index is 577. The summed E-state index contributed by atoms with van der Waals surface area (Å²) in [5.74, 6) is 2.85. The molecule has 20 heavy (non-hydrogen) atoms. The number of benzene rings is 2. The van der Waals surface area contributed by atoms with Gasteiger partial charge in [-0.15, -0.1) is 0 Å². The molecule has 0 aliphatic rings. The van der Waals surface area contributed by atoms with Crippen molar-refractivity contribution in [3.63, 3.8) is 0 Å². The van der Waals surface area contributed by atoms with E-state index in [1.807, 2.05) is 30.3 Å². The van der Waals surface area contributed by atoms with Crippen LogP contribution in [0.5, 0.6) is 23.0 Å². The maximum Gasteiger partial charge on any atom is 0.134 e. The molecule has 0 radical (unpaired) electrons. The number of methoxy groups -OCH3 is 2. The molecule has 0 aliphatic heterocycles. The summed E-state index contributed by atoms with van der Waals surface area (Å²) < 4.78 is 17.4. The number of alkyl halides is 1. The molecule has 2 aromatic carbocycles. The highest BCUT2D eigenvalue weighted by Gasteiger charge is 2.08. The Kier molecular flexibility index (Phi) is 5.31. The van der Waals surface area contributed by atoms with E-state index in [2.05, 4.69) is 31.9 Å². The monoisotopic (exact) mass is 400 g/mol. The van der Waals surface area contributed by atoms with Gasteiger partial charge in [-0.3, -0.25) is 0 Å². The molecule has 0 aliphatic carbocycles. The van der Waals surface area contributed by atoms with Gasteiger partial charge >= 0.3 is 0 Å². The second-order valence-corrected chi connectivity index (χ2v) is 5.51. The topological polar surface area (TPSA) is 27.7 Å². The zero-order chi connectivity index (χ0) is 14.5. The molecule has 3 nitrogen and oxygen atoms in total. The van der Waals surface area contributed by atoms with E-state index in [0.717, 1.165) is 15.8 Å². The third-order valence-electron chi connectivity index (χ3n) is 2.72. The lowest BCUT2D eigenvalue weighted by Gasteiger charge is -2.12. The van der Waals surface area contributed by atoms with E-state index in [0.29, 0.717) is 22.6 Å². The van der Waals surface area contributed by atoms with Crippen LogP contribution in [0.4, 0.5) is 0 Å². The molecule has 0 saturated heterocycles. The molecule has 2 rings (SSSR count). The van der Waals surface area contributed by atoms with Crippen molar-refractivity contribution in [2.24, 2.45) is 0 Å². The lowest BCUT2D eigenvalue weighted by atomic mass is 10.2. The van der Waals surface area contributed by atoms with Crippen LogP contribution in [0.25, 0.3) is 0 Å². The summed E-state index contributed by atoms with van der Waals surface area (Å²) in [6.45, 7) is 0. The molecule has 0 bridgehead atoms. The van der Waals surface area contributed by atoms with Crippen LogP contribution in [0.15, 0.2) is 40.9 Å². The van der Waals surface area contributed by atoms with E-state index < -0.39 is 0 Å². The van der Waals surface area contributed by atoms with Crippen molar-refractivity contribution in [3.8, 4) is 23.0 Å². The quantitative estimate of drug-likeness (QED) is 0.648. The fourth-order valence-electron chi connectivity index (χ4n) is 1.72. The second-order valence-electron chi connectivity index (χ2n) is 4.04. The van der Waals surface area contributed by atoms with E-state index >= 15 is 0 Å². The standard InChI is InChI=1S/C15H14Br2O3/c1-18-12-6-13(19-2)8-14(7-12)20-15-4-3-11(17)5-10(15)9-16/h3-8H,9H2,1-2H3. The van der Waals surface area contributed by atoms with Gasteiger partial charge in [0.15, 0.2) is 0 Å². The van der Waals surface area contributed by atoms with E-state index in [1.165, 1.54) is 0 Å². The Labute approximate surface area is 135 Å². The average molecular weight is 402 g/mol. The number of ether oxygens (including phenoxy) is 3. The zero-order valence-corrected chi connectivity index (χ0v) is 14.3. The van der Waals surface area contributed by atoms with Crippen molar-refractivity contribution in [3.05, 3.63) is 46.4 Å². The molecule has 0 aromatic heterocycles. The second kappa shape index (κ2) is 6.99. The molecule has 0 unspecified atom stereocenters. The lowest BCUT2D eigenvalue weighted by molar-refractivity contribution is 0.386.